The normalized spacial score (nSPS) is 13.9. The Kier molecular flexibility index (Phi) is 53.6. The first kappa shape index (κ1) is 69.9. The van der Waals surface area contributed by atoms with E-state index < -0.39 is 13.9 Å². The molecule has 0 aliphatic rings. The lowest BCUT2D eigenvalue weighted by atomic mass is 10.0. The number of allylic oxidation sites excluding steroid dienone is 12. The molecule has 0 N–H and O–H groups in total. The number of hydrogen-bond acceptors (Lipinski definition) is 7. The highest BCUT2D eigenvalue weighted by Gasteiger charge is 2.20. The molecule has 0 aromatic heterocycles. The molecule has 0 heterocycles. The lowest BCUT2D eigenvalue weighted by Gasteiger charge is -2.28. The summed E-state index contributed by atoms with van der Waals surface area (Å²) < 4.78 is 34.9. The van der Waals surface area contributed by atoms with Crippen molar-refractivity contribution in [2.75, 3.05) is 54.1 Å². The van der Waals surface area contributed by atoms with Gasteiger partial charge in [0.15, 0.2) is 0 Å². The van der Waals surface area contributed by atoms with E-state index in [1.807, 2.05) is 21.1 Å². The van der Waals surface area contributed by atoms with Crippen molar-refractivity contribution in [2.24, 2.45) is 0 Å². The topological polar surface area (TPSA) is 94.1 Å². The average molecular weight is 1030 g/mol. The number of carbonyl (C=O) groups excluding carboxylic acids is 1. The van der Waals surface area contributed by atoms with Gasteiger partial charge in [-0.1, -0.05) is 267 Å². The molecule has 0 saturated carbocycles. The molecule has 420 valence electrons. The first-order valence-electron chi connectivity index (χ1n) is 30.2. The van der Waals surface area contributed by atoms with Gasteiger partial charge in [0, 0.05) is 13.0 Å². The minimum absolute atomic E-state index is 0.0221. The summed E-state index contributed by atoms with van der Waals surface area (Å²) in [6, 6.07) is 0. The van der Waals surface area contributed by atoms with Crippen molar-refractivity contribution < 1.29 is 37.3 Å². The predicted octanol–water partition coefficient (Wildman–Crippen LogP) is 18.7. The van der Waals surface area contributed by atoms with E-state index >= 15 is 0 Å². The number of esters is 1. The van der Waals surface area contributed by atoms with Crippen LogP contribution in [-0.4, -0.2) is 70.7 Å². The maximum Gasteiger partial charge on any atom is 0.306 e. The van der Waals surface area contributed by atoms with Crippen molar-refractivity contribution in [1.82, 2.24) is 0 Å². The Bertz CT molecular complexity index is 1380. The molecule has 0 spiro atoms. The highest BCUT2D eigenvalue weighted by molar-refractivity contribution is 7.45. The molecule has 2 unspecified atom stereocenters. The van der Waals surface area contributed by atoms with Crippen molar-refractivity contribution in [1.29, 1.82) is 0 Å². The quantitative estimate of drug-likeness (QED) is 0.0197. The van der Waals surface area contributed by atoms with Gasteiger partial charge in [0.05, 0.1) is 34.4 Å². The number of quaternary nitrogens is 1. The highest BCUT2D eigenvalue weighted by atomic mass is 31.2. The molecule has 0 amide bonds. The van der Waals surface area contributed by atoms with E-state index in [0.29, 0.717) is 24.1 Å². The Labute approximate surface area is 446 Å². The molecule has 0 aromatic carbocycles. The summed E-state index contributed by atoms with van der Waals surface area (Å²) in [6.07, 6.45) is 73.8. The van der Waals surface area contributed by atoms with Crippen LogP contribution < -0.4 is 4.89 Å². The molecule has 72 heavy (non-hydrogen) atoms. The highest BCUT2D eigenvalue weighted by Crippen LogP contribution is 2.38. The zero-order valence-electron chi connectivity index (χ0n) is 47.9. The molecular formula is C63H116NO7P. The molecule has 0 rings (SSSR count). The van der Waals surface area contributed by atoms with E-state index in [1.54, 1.807) is 0 Å². The Hall–Kier alpha value is -2.06. The summed E-state index contributed by atoms with van der Waals surface area (Å²) in [5, 5.41) is 0. The zero-order chi connectivity index (χ0) is 52.6. The fourth-order valence-electron chi connectivity index (χ4n) is 8.44. The van der Waals surface area contributed by atoms with Crippen molar-refractivity contribution in [3.05, 3.63) is 72.9 Å². The van der Waals surface area contributed by atoms with Crippen LogP contribution in [-0.2, 0) is 27.9 Å². The monoisotopic (exact) mass is 1030 g/mol. The number of unbranched alkanes of at least 4 members (excludes halogenated alkanes) is 30. The number of nitrogens with zero attached hydrogens (tertiary/aromatic N) is 1. The van der Waals surface area contributed by atoms with Gasteiger partial charge in [0.25, 0.3) is 7.82 Å². The van der Waals surface area contributed by atoms with Crippen LogP contribution in [0.5, 0.6) is 0 Å². The smallest absolute Gasteiger partial charge is 0.306 e. The van der Waals surface area contributed by atoms with Crippen LogP contribution in [0.15, 0.2) is 72.9 Å². The average Bonchev–Trinajstić information content (AvgIpc) is 3.34. The van der Waals surface area contributed by atoms with E-state index in [1.165, 1.54) is 161 Å². The summed E-state index contributed by atoms with van der Waals surface area (Å²) >= 11 is 0. The fraction of sp³-hybridized carbons (Fsp3) is 0.794. The fourth-order valence-corrected chi connectivity index (χ4v) is 9.16. The van der Waals surface area contributed by atoms with Gasteiger partial charge in [-0.05, 0) is 64.2 Å². The molecule has 0 aromatic rings. The van der Waals surface area contributed by atoms with Gasteiger partial charge >= 0.3 is 5.97 Å². The molecule has 0 saturated heterocycles. The number of rotatable bonds is 56. The maximum atomic E-state index is 12.8. The number of phosphoric ester groups is 1. The van der Waals surface area contributed by atoms with Gasteiger partial charge < -0.3 is 27.9 Å². The van der Waals surface area contributed by atoms with Crippen LogP contribution in [0.3, 0.4) is 0 Å². The minimum Gasteiger partial charge on any atom is -0.756 e. The second-order valence-electron chi connectivity index (χ2n) is 21.3. The summed E-state index contributed by atoms with van der Waals surface area (Å²) in [6.45, 7) is 5.31. The van der Waals surface area contributed by atoms with Crippen molar-refractivity contribution >= 4 is 13.8 Å². The molecule has 0 aliphatic carbocycles. The Morgan fingerprint density at radius 1 is 0.444 bits per heavy atom. The predicted molar refractivity (Wildman–Crippen MR) is 309 cm³/mol. The van der Waals surface area contributed by atoms with Crippen LogP contribution in [0, 0.1) is 0 Å². The molecule has 0 fully saturated rings. The number of likely N-dealkylation sites (N-methyl/N-ethyl adjacent to an activating group) is 1. The van der Waals surface area contributed by atoms with Gasteiger partial charge in [0.2, 0.25) is 0 Å². The summed E-state index contributed by atoms with van der Waals surface area (Å²) in [4.78, 5) is 25.3. The molecule has 0 radical (unpaired) electrons. The third kappa shape index (κ3) is 58.8. The second-order valence-corrected chi connectivity index (χ2v) is 22.7. The minimum atomic E-state index is -4.54. The molecule has 8 nitrogen and oxygen atoms in total. The number of ether oxygens (including phenoxy) is 2. The van der Waals surface area contributed by atoms with E-state index in [2.05, 4.69) is 86.8 Å². The van der Waals surface area contributed by atoms with Crippen LogP contribution in [0.2, 0.25) is 0 Å². The first-order valence-corrected chi connectivity index (χ1v) is 31.6. The van der Waals surface area contributed by atoms with E-state index in [0.717, 1.165) is 83.5 Å². The molecule has 0 bridgehead atoms. The van der Waals surface area contributed by atoms with Crippen molar-refractivity contribution in [3.63, 3.8) is 0 Å². The zero-order valence-corrected chi connectivity index (χ0v) is 48.8. The third-order valence-corrected chi connectivity index (χ3v) is 14.0. The van der Waals surface area contributed by atoms with Gasteiger partial charge in [-0.3, -0.25) is 9.36 Å². The number of phosphoric acid groups is 1. The molecular weight excluding hydrogens is 914 g/mol. The van der Waals surface area contributed by atoms with Gasteiger partial charge in [-0.25, -0.2) is 0 Å². The Balaban J connectivity index is 4.08. The second kappa shape index (κ2) is 55.2. The summed E-state index contributed by atoms with van der Waals surface area (Å²) in [7, 11) is 1.35. The number of hydrogen-bond donors (Lipinski definition) is 0. The van der Waals surface area contributed by atoms with Gasteiger partial charge in [0.1, 0.15) is 19.3 Å². The van der Waals surface area contributed by atoms with Crippen molar-refractivity contribution in [2.45, 2.75) is 270 Å². The van der Waals surface area contributed by atoms with Crippen LogP contribution in [0.4, 0.5) is 0 Å². The largest absolute Gasteiger partial charge is 0.756 e. The van der Waals surface area contributed by atoms with E-state index in [9.17, 15) is 14.3 Å². The Morgan fingerprint density at radius 3 is 1.21 bits per heavy atom. The molecule has 2 atom stereocenters. The van der Waals surface area contributed by atoms with Gasteiger partial charge in [-0.15, -0.1) is 0 Å². The van der Waals surface area contributed by atoms with Crippen LogP contribution in [0.1, 0.15) is 264 Å². The molecule has 0 aliphatic heterocycles. The first-order chi connectivity index (χ1) is 35.1. The SMILES string of the molecule is CC/C=C\C/C=C\C/C=C\C/C=C\C/C=C\C/C=C\CCCCCCCCCOCC(COP(=O)([O-])OCC[N+](C)(C)C)OC(=O)CCCCCCCCCCCCCCCCCCCCCCCCCC. The lowest BCUT2D eigenvalue weighted by molar-refractivity contribution is -0.870. The Morgan fingerprint density at radius 2 is 0.806 bits per heavy atom. The number of carbonyl (C=O) groups is 1. The lowest BCUT2D eigenvalue weighted by Crippen LogP contribution is -2.37. The summed E-state index contributed by atoms with van der Waals surface area (Å²) in [5.74, 6) is -0.335. The molecule has 9 heteroatoms. The summed E-state index contributed by atoms with van der Waals surface area (Å²) in [5.41, 5.74) is 0. The third-order valence-electron chi connectivity index (χ3n) is 13.0. The van der Waals surface area contributed by atoms with Gasteiger partial charge in [-0.2, -0.15) is 0 Å². The van der Waals surface area contributed by atoms with Crippen molar-refractivity contribution in [3.8, 4) is 0 Å². The van der Waals surface area contributed by atoms with E-state index in [-0.39, 0.29) is 25.8 Å². The standard InChI is InChI=1S/C63H116NO7P/c1-6-8-10-12-14-16-18-20-22-24-26-28-30-32-33-35-37-39-41-43-45-47-49-51-53-55-58-68-60-62(61-70-72(66,67)69-59-57-64(3,4)5)71-63(65)56-54-52-50-48-46-44-42-40-38-36-34-31-29-27-25-23-21-19-17-15-13-11-9-7-2/h8,10,14,16,20,22,26,28,32-33,37,39,62H,6-7,9,11-13,15,17-19,21,23-25,27,29-31,34-36,38,40-61H2,1-5H3/b10-8-,16-14-,22-20-,28-26-,33-32-,39-37-. The van der Waals surface area contributed by atoms with Crippen LogP contribution >= 0.6 is 7.82 Å². The van der Waals surface area contributed by atoms with E-state index in [4.69, 9.17) is 18.5 Å². The van der Waals surface area contributed by atoms with Crippen LogP contribution in [0.25, 0.3) is 0 Å². The maximum absolute atomic E-state index is 12.8.